The predicted octanol–water partition coefficient (Wildman–Crippen LogP) is 3.35. The molecule has 0 spiro atoms. The van der Waals surface area contributed by atoms with E-state index < -0.39 is 0 Å². The summed E-state index contributed by atoms with van der Waals surface area (Å²) in [6.07, 6.45) is 9.32. The standard InChI is InChI=1S/C22H29N3O2/c26-21(10-9-17-5-1-2-6-17)24-11-13-25(14-12-24)22(27)15-18-16-23-20-8-4-3-7-19(18)20/h3-4,7-8,16-17,23H,1-2,5-6,9-15H2. The summed E-state index contributed by atoms with van der Waals surface area (Å²) in [5.41, 5.74) is 2.11. The number of amides is 2. The second-order valence-electron chi connectivity index (χ2n) is 7.99. The summed E-state index contributed by atoms with van der Waals surface area (Å²) < 4.78 is 0. The monoisotopic (exact) mass is 367 g/mol. The SMILES string of the molecule is O=C(CCC1CCCC1)N1CCN(C(=O)Cc2c[nH]c3ccccc23)CC1. The Morgan fingerprint density at radius 3 is 2.37 bits per heavy atom. The molecule has 0 radical (unpaired) electrons. The Balaban J connectivity index is 1.26. The van der Waals surface area contributed by atoms with E-state index in [9.17, 15) is 9.59 Å². The molecule has 2 heterocycles. The van der Waals surface area contributed by atoms with Gasteiger partial charge in [-0.3, -0.25) is 9.59 Å². The van der Waals surface area contributed by atoms with Gasteiger partial charge in [-0.05, 0) is 24.0 Å². The number of aromatic nitrogens is 1. The Bertz CT molecular complexity index is 799. The van der Waals surface area contributed by atoms with Gasteiger partial charge in [0.2, 0.25) is 11.8 Å². The van der Waals surface area contributed by atoms with Crippen molar-refractivity contribution in [1.82, 2.24) is 14.8 Å². The average Bonchev–Trinajstić information content (AvgIpc) is 3.36. The Morgan fingerprint density at radius 1 is 0.963 bits per heavy atom. The lowest BCUT2D eigenvalue weighted by Crippen LogP contribution is -2.51. The van der Waals surface area contributed by atoms with E-state index in [1.807, 2.05) is 34.2 Å². The molecule has 5 heteroatoms. The number of H-pyrrole nitrogens is 1. The first-order chi connectivity index (χ1) is 13.2. The molecule has 0 atom stereocenters. The molecule has 144 valence electrons. The van der Waals surface area contributed by atoms with Gasteiger partial charge in [-0.15, -0.1) is 0 Å². The quantitative estimate of drug-likeness (QED) is 0.881. The van der Waals surface area contributed by atoms with Crippen molar-refractivity contribution < 1.29 is 9.59 Å². The highest BCUT2D eigenvalue weighted by atomic mass is 16.2. The molecule has 1 saturated carbocycles. The number of hydrogen-bond donors (Lipinski definition) is 1. The van der Waals surface area contributed by atoms with Crippen LogP contribution in [0.15, 0.2) is 30.5 Å². The van der Waals surface area contributed by atoms with Gasteiger partial charge < -0.3 is 14.8 Å². The topological polar surface area (TPSA) is 56.4 Å². The molecule has 0 bridgehead atoms. The summed E-state index contributed by atoms with van der Waals surface area (Å²) >= 11 is 0. The van der Waals surface area contributed by atoms with Crippen molar-refractivity contribution in [3.63, 3.8) is 0 Å². The molecule has 4 rings (SSSR count). The minimum atomic E-state index is 0.151. The lowest BCUT2D eigenvalue weighted by molar-refractivity contribution is -0.139. The molecule has 1 aliphatic heterocycles. The largest absolute Gasteiger partial charge is 0.361 e. The van der Waals surface area contributed by atoms with E-state index in [1.54, 1.807) is 0 Å². The van der Waals surface area contributed by atoms with Crippen LogP contribution in [0.4, 0.5) is 0 Å². The van der Waals surface area contributed by atoms with Gasteiger partial charge in [-0.25, -0.2) is 0 Å². The minimum absolute atomic E-state index is 0.151. The molecule has 1 saturated heterocycles. The van der Waals surface area contributed by atoms with Crippen LogP contribution in [0.3, 0.4) is 0 Å². The van der Waals surface area contributed by atoms with Crippen molar-refractivity contribution in [2.75, 3.05) is 26.2 Å². The fourth-order valence-electron chi connectivity index (χ4n) is 4.54. The van der Waals surface area contributed by atoms with Crippen molar-refractivity contribution in [3.8, 4) is 0 Å². The molecule has 2 aromatic rings. The zero-order chi connectivity index (χ0) is 18.6. The molecule has 2 aliphatic rings. The molecular weight excluding hydrogens is 338 g/mol. The Hall–Kier alpha value is -2.30. The fraction of sp³-hybridized carbons (Fsp3) is 0.545. The molecule has 2 fully saturated rings. The molecule has 1 aromatic carbocycles. The summed E-state index contributed by atoms with van der Waals surface area (Å²) in [6.45, 7) is 2.64. The Kier molecular flexibility index (Phi) is 5.46. The Labute approximate surface area is 160 Å². The van der Waals surface area contributed by atoms with Crippen LogP contribution in [-0.2, 0) is 16.0 Å². The van der Waals surface area contributed by atoms with Crippen molar-refractivity contribution in [3.05, 3.63) is 36.0 Å². The summed E-state index contributed by atoms with van der Waals surface area (Å²) in [5.74, 6) is 1.18. The molecule has 2 amide bonds. The zero-order valence-corrected chi connectivity index (χ0v) is 16.0. The number of benzene rings is 1. The van der Waals surface area contributed by atoms with Gasteiger partial charge in [-0.1, -0.05) is 43.9 Å². The highest BCUT2D eigenvalue weighted by molar-refractivity contribution is 5.89. The van der Waals surface area contributed by atoms with Crippen molar-refractivity contribution >= 4 is 22.7 Å². The molecule has 1 aliphatic carbocycles. The average molecular weight is 367 g/mol. The molecule has 5 nitrogen and oxygen atoms in total. The van der Waals surface area contributed by atoms with E-state index in [-0.39, 0.29) is 11.8 Å². The number of carbonyl (C=O) groups excluding carboxylic acids is 2. The third kappa shape index (κ3) is 4.18. The van der Waals surface area contributed by atoms with Gasteiger partial charge >= 0.3 is 0 Å². The zero-order valence-electron chi connectivity index (χ0n) is 16.0. The van der Waals surface area contributed by atoms with E-state index in [0.717, 1.165) is 28.8 Å². The second-order valence-corrected chi connectivity index (χ2v) is 7.99. The third-order valence-electron chi connectivity index (χ3n) is 6.24. The van der Waals surface area contributed by atoms with Crippen molar-refractivity contribution in [2.45, 2.75) is 44.9 Å². The van der Waals surface area contributed by atoms with Gasteiger partial charge in [0.1, 0.15) is 0 Å². The maximum absolute atomic E-state index is 12.7. The first-order valence-corrected chi connectivity index (χ1v) is 10.3. The smallest absolute Gasteiger partial charge is 0.227 e. The van der Waals surface area contributed by atoms with Crippen LogP contribution in [0.5, 0.6) is 0 Å². The fourth-order valence-corrected chi connectivity index (χ4v) is 4.54. The van der Waals surface area contributed by atoms with E-state index in [4.69, 9.17) is 0 Å². The van der Waals surface area contributed by atoms with Crippen molar-refractivity contribution in [1.29, 1.82) is 0 Å². The van der Waals surface area contributed by atoms with Crippen LogP contribution in [-0.4, -0.2) is 52.8 Å². The van der Waals surface area contributed by atoms with E-state index in [0.29, 0.717) is 39.0 Å². The van der Waals surface area contributed by atoms with Gasteiger partial charge in [0.15, 0.2) is 0 Å². The second kappa shape index (κ2) is 8.15. The lowest BCUT2D eigenvalue weighted by Gasteiger charge is -2.35. The van der Waals surface area contributed by atoms with Crippen LogP contribution >= 0.6 is 0 Å². The molecule has 1 N–H and O–H groups in total. The summed E-state index contributed by atoms with van der Waals surface area (Å²) in [7, 11) is 0. The summed E-state index contributed by atoms with van der Waals surface area (Å²) in [5, 5.41) is 1.12. The van der Waals surface area contributed by atoms with E-state index in [1.165, 1.54) is 25.7 Å². The number of fused-ring (bicyclic) bond motifs is 1. The number of aromatic amines is 1. The van der Waals surface area contributed by atoms with Gasteiger partial charge in [0.25, 0.3) is 0 Å². The first-order valence-electron chi connectivity index (χ1n) is 10.3. The minimum Gasteiger partial charge on any atom is -0.361 e. The lowest BCUT2D eigenvalue weighted by atomic mass is 10.0. The van der Waals surface area contributed by atoms with Crippen LogP contribution in [0, 0.1) is 5.92 Å². The highest BCUT2D eigenvalue weighted by Gasteiger charge is 2.25. The number of carbonyl (C=O) groups is 2. The maximum atomic E-state index is 12.7. The number of para-hydroxylation sites is 1. The van der Waals surface area contributed by atoms with Gasteiger partial charge in [0.05, 0.1) is 6.42 Å². The summed E-state index contributed by atoms with van der Waals surface area (Å²) in [6, 6.07) is 8.07. The van der Waals surface area contributed by atoms with Crippen molar-refractivity contribution in [2.24, 2.45) is 5.92 Å². The third-order valence-corrected chi connectivity index (χ3v) is 6.24. The molecule has 1 aromatic heterocycles. The first kappa shape index (κ1) is 18.1. The molecule has 27 heavy (non-hydrogen) atoms. The normalized spacial score (nSPS) is 18.4. The van der Waals surface area contributed by atoms with E-state index in [2.05, 4.69) is 11.1 Å². The van der Waals surface area contributed by atoms with Crippen LogP contribution < -0.4 is 0 Å². The van der Waals surface area contributed by atoms with Crippen LogP contribution in [0.25, 0.3) is 10.9 Å². The number of hydrogen-bond acceptors (Lipinski definition) is 2. The van der Waals surface area contributed by atoms with Gasteiger partial charge in [-0.2, -0.15) is 0 Å². The number of rotatable bonds is 5. The number of nitrogens with one attached hydrogen (secondary N) is 1. The number of piperazine rings is 1. The van der Waals surface area contributed by atoms with Gasteiger partial charge in [0, 0.05) is 49.7 Å². The summed E-state index contributed by atoms with van der Waals surface area (Å²) in [4.78, 5) is 32.2. The Morgan fingerprint density at radius 2 is 1.63 bits per heavy atom. The predicted molar refractivity (Wildman–Crippen MR) is 106 cm³/mol. The molecular formula is C22H29N3O2. The molecule has 0 unspecified atom stereocenters. The van der Waals surface area contributed by atoms with Crippen LogP contribution in [0.1, 0.15) is 44.1 Å². The maximum Gasteiger partial charge on any atom is 0.227 e. The van der Waals surface area contributed by atoms with E-state index >= 15 is 0 Å². The number of nitrogens with zero attached hydrogens (tertiary/aromatic N) is 2. The highest BCUT2D eigenvalue weighted by Crippen LogP contribution is 2.28. The van der Waals surface area contributed by atoms with Crippen LogP contribution in [0.2, 0.25) is 0 Å².